The lowest BCUT2D eigenvalue weighted by atomic mass is 9.96. The number of ketones is 1. The van der Waals surface area contributed by atoms with Crippen LogP contribution in [0.25, 0.3) is 22.6 Å². The van der Waals surface area contributed by atoms with Crippen molar-refractivity contribution in [2.75, 3.05) is 13.2 Å². The van der Waals surface area contributed by atoms with E-state index in [9.17, 15) is 9.59 Å². The number of H-pyrrole nitrogens is 1. The first-order valence-electron chi connectivity index (χ1n) is 9.41. The molecule has 0 unspecified atom stereocenters. The third kappa shape index (κ3) is 3.78. The summed E-state index contributed by atoms with van der Waals surface area (Å²) in [7, 11) is 0. The topological polar surface area (TPSA) is 108 Å². The van der Waals surface area contributed by atoms with Gasteiger partial charge in [-0.1, -0.05) is 65.8 Å². The molecule has 7 heteroatoms. The highest BCUT2D eigenvalue weighted by Crippen LogP contribution is 2.34. The second kappa shape index (κ2) is 8.59. The Hall–Kier alpha value is -3.97. The van der Waals surface area contributed by atoms with Gasteiger partial charge in [0.15, 0.2) is 5.76 Å². The molecule has 2 heterocycles. The molecular formula is C23H19N3O4. The maximum Gasteiger partial charge on any atom is 0.267 e. The zero-order valence-corrected chi connectivity index (χ0v) is 16.0. The van der Waals surface area contributed by atoms with Gasteiger partial charge in [-0.3, -0.25) is 9.59 Å². The second-order valence-electron chi connectivity index (χ2n) is 6.58. The molecule has 0 aliphatic rings. The summed E-state index contributed by atoms with van der Waals surface area (Å²) in [5.41, 5.74) is 2.78. The number of nitrogens with zero attached hydrogens (tertiary/aromatic N) is 1. The van der Waals surface area contributed by atoms with Gasteiger partial charge in [-0.15, -0.1) is 0 Å². The van der Waals surface area contributed by atoms with E-state index in [1.165, 1.54) is 12.3 Å². The zero-order valence-electron chi connectivity index (χ0n) is 16.0. The minimum absolute atomic E-state index is 0.128. The average Bonchev–Trinajstić information content (AvgIpc) is 3.46. The smallest absolute Gasteiger partial charge is 0.267 e. The molecule has 0 atom stereocenters. The fourth-order valence-corrected chi connectivity index (χ4v) is 3.15. The standard InChI is InChI=1S/C23H19N3O4/c27-12-11-24-23(29)18-13-17(14-25-18)21(28)19-20(15-7-3-1-4-8-15)26-30-22(19)16-9-5-2-6-10-16/h1-10,13-14,25,27H,11-12H2,(H,24,29). The van der Waals surface area contributed by atoms with Crippen LogP contribution in [0.3, 0.4) is 0 Å². The lowest BCUT2D eigenvalue weighted by Crippen LogP contribution is -2.26. The van der Waals surface area contributed by atoms with Crippen LogP contribution in [0.5, 0.6) is 0 Å². The van der Waals surface area contributed by atoms with Gasteiger partial charge in [0.25, 0.3) is 5.91 Å². The maximum atomic E-state index is 13.5. The zero-order chi connectivity index (χ0) is 20.9. The third-order valence-electron chi connectivity index (χ3n) is 4.59. The van der Waals surface area contributed by atoms with Gasteiger partial charge in [0.1, 0.15) is 11.4 Å². The van der Waals surface area contributed by atoms with Crippen LogP contribution in [0.4, 0.5) is 0 Å². The van der Waals surface area contributed by atoms with Crippen molar-refractivity contribution in [2.45, 2.75) is 0 Å². The van der Waals surface area contributed by atoms with E-state index in [0.717, 1.165) is 11.1 Å². The number of aliphatic hydroxyl groups is 1. The summed E-state index contributed by atoms with van der Waals surface area (Å²) in [6.45, 7) is -0.0388. The number of rotatable bonds is 7. The number of amides is 1. The summed E-state index contributed by atoms with van der Waals surface area (Å²) in [6.07, 6.45) is 1.48. The molecule has 4 aromatic rings. The van der Waals surface area contributed by atoms with Crippen LogP contribution in [0.2, 0.25) is 0 Å². The van der Waals surface area contributed by atoms with E-state index < -0.39 is 5.91 Å². The Morgan fingerprint density at radius 1 is 1.00 bits per heavy atom. The first-order valence-corrected chi connectivity index (χ1v) is 9.41. The van der Waals surface area contributed by atoms with Crippen LogP contribution in [0, 0.1) is 0 Å². The minimum atomic E-state index is -0.403. The normalized spacial score (nSPS) is 10.7. The molecule has 3 N–H and O–H groups in total. The Balaban J connectivity index is 1.77. The van der Waals surface area contributed by atoms with E-state index in [4.69, 9.17) is 9.63 Å². The van der Waals surface area contributed by atoms with Crippen molar-refractivity contribution in [1.82, 2.24) is 15.5 Å². The highest BCUT2D eigenvalue weighted by molar-refractivity contribution is 6.16. The molecule has 0 saturated heterocycles. The summed E-state index contributed by atoms with van der Waals surface area (Å²) in [5, 5.41) is 15.6. The Morgan fingerprint density at radius 2 is 1.67 bits per heavy atom. The number of carbonyl (C=O) groups excluding carboxylic acids is 2. The van der Waals surface area contributed by atoms with Gasteiger partial charge < -0.3 is 19.9 Å². The quantitative estimate of drug-likeness (QED) is 0.412. The molecule has 0 radical (unpaired) electrons. The Kier molecular flexibility index (Phi) is 5.54. The molecule has 150 valence electrons. The molecule has 1 amide bonds. The molecule has 4 rings (SSSR count). The predicted molar refractivity (Wildman–Crippen MR) is 111 cm³/mol. The number of aliphatic hydroxyl groups excluding tert-OH is 1. The Labute approximate surface area is 172 Å². The maximum absolute atomic E-state index is 13.5. The van der Waals surface area contributed by atoms with Crippen molar-refractivity contribution in [1.29, 1.82) is 0 Å². The largest absolute Gasteiger partial charge is 0.395 e. The lowest BCUT2D eigenvalue weighted by Gasteiger charge is -2.03. The summed E-state index contributed by atoms with van der Waals surface area (Å²) < 4.78 is 5.60. The van der Waals surface area contributed by atoms with Gasteiger partial charge in [0.2, 0.25) is 5.78 Å². The number of carbonyl (C=O) groups is 2. The molecule has 30 heavy (non-hydrogen) atoms. The first-order chi connectivity index (χ1) is 14.7. The fourth-order valence-electron chi connectivity index (χ4n) is 3.15. The summed E-state index contributed by atoms with van der Waals surface area (Å²) in [5.74, 6) is -0.349. The first kappa shape index (κ1) is 19.4. The van der Waals surface area contributed by atoms with Crippen LogP contribution >= 0.6 is 0 Å². The van der Waals surface area contributed by atoms with Crippen LogP contribution in [0.15, 0.2) is 77.4 Å². The van der Waals surface area contributed by atoms with Crippen LogP contribution in [-0.4, -0.2) is 40.1 Å². The second-order valence-corrected chi connectivity index (χ2v) is 6.58. The third-order valence-corrected chi connectivity index (χ3v) is 4.59. The van der Waals surface area contributed by atoms with Gasteiger partial charge in [-0.2, -0.15) is 0 Å². The predicted octanol–water partition coefficient (Wildman–Crippen LogP) is 3.29. The summed E-state index contributed by atoms with van der Waals surface area (Å²) in [6, 6.07) is 20.1. The molecule has 7 nitrogen and oxygen atoms in total. The molecule has 0 saturated carbocycles. The fraction of sp³-hybridized carbons (Fsp3) is 0.0870. The minimum Gasteiger partial charge on any atom is -0.395 e. The lowest BCUT2D eigenvalue weighted by molar-refractivity contribution is 0.0940. The molecular weight excluding hydrogens is 382 g/mol. The van der Waals surface area contributed by atoms with Crippen molar-refractivity contribution >= 4 is 11.7 Å². The van der Waals surface area contributed by atoms with Crippen LogP contribution < -0.4 is 5.32 Å². The summed E-state index contributed by atoms with van der Waals surface area (Å²) >= 11 is 0. The van der Waals surface area contributed by atoms with Crippen molar-refractivity contribution < 1.29 is 19.2 Å². The van der Waals surface area contributed by atoms with E-state index in [-0.39, 0.29) is 24.6 Å². The molecule has 0 aliphatic heterocycles. The highest BCUT2D eigenvalue weighted by atomic mass is 16.5. The van der Waals surface area contributed by atoms with Gasteiger partial charge in [0, 0.05) is 29.4 Å². The SMILES string of the molecule is O=C(NCCO)c1cc(C(=O)c2c(-c3ccccc3)noc2-c2ccccc2)c[nH]1. The molecule has 0 aliphatic carbocycles. The van der Waals surface area contributed by atoms with E-state index in [2.05, 4.69) is 15.5 Å². The van der Waals surface area contributed by atoms with E-state index in [1.54, 1.807) is 0 Å². The number of hydrogen-bond donors (Lipinski definition) is 3. The Bertz CT molecular complexity index is 1110. The number of hydrogen-bond acceptors (Lipinski definition) is 5. The van der Waals surface area contributed by atoms with Crippen LogP contribution in [0.1, 0.15) is 26.4 Å². The van der Waals surface area contributed by atoms with Crippen molar-refractivity contribution in [2.24, 2.45) is 0 Å². The van der Waals surface area contributed by atoms with Gasteiger partial charge in [0.05, 0.1) is 12.2 Å². The van der Waals surface area contributed by atoms with Crippen molar-refractivity contribution in [3.8, 4) is 22.6 Å². The van der Waals surface area contributed by atoms with Crippen LogP contribution in [-0.2, 0) is 0 Å². The average molecular weight is 401 g/mol. The summed E-state index contributed by atoms with van der Waals surface area (Å²) in [4.78, 5) is 28.4. The van der Waals surface area contributed by atoms with Gasteiger partial charge in [-0.05, 0) is 6.07 Å². The van der Waals surface area contributed by atoms with E-state index >= 15 is 0 Å². The number of aromatic nitrogens is 2. The van der Waals surface area contributed by atoms with Crippen molar-refractivity contribution in [3.63, 3.8) is 0 Å². The number of benzene rings is 2. The van der Waals surface area contributed by atoms with E-state index in [0.29, 0.717) is 22.6 Å². The molecule has 0 fully saturated rings. The molecule has 2 aromatic carbocycles. The molecule has 2 aromatic heterocycles. The van der Waals surface area contributed by atoms with Crippen molar-refractivity contribution in [3.05, 3.63) is 89.7 Å². The van der Waals surface area contributed by atoms with Gasteiger partial charge >= 0.3 is 0 Å². The number of nitrogens with one attached hydrogen (secondary N) is 2. The Morgan fingerprint density at radius 3 is 2.33 bits per heavy atom. The monoisotopic (exact) mass is 401 g/mol. The molecule has 0 bridgehead atoms. The van der Waals surface area contributed by atoms with E-state index in [1.807, 2.05) is 60.7 Å². The highest BCUT2D eigenvalue weighted by Gasteiger charge is 2.27. The molecule has 0 spiro atoms. The number of aromatic amines is 1. The van der Waals surface area contributed by atoms with Gasteiger partial charge in [-0.25, -0.2) is 0 Å².